The largest absolute Gasteiger partial charge is 0.317 e. The number of halogens is 1. The third-order valence-corrected chi connectivity index (χ3v) is 3.19. The van der Waals surface area contributed by atoms with Gasteiger partial charge in [0.05, 0.1) is 11.9 Å². The maximum absolute atomic E-state index is 5.98. The third kappa shape index (κ3) is 4.37. The highest BCUT2D eigenvalue weighted by Crippen LogP contribution is 2.15. The van der Waals surface area contributed by atoms with E-state index in [1.54, 1.807) is 0 Å². The summed E-state index contributed by atoms with van der Waals surface area (Å²) >= 11 is 5.98. The van der Waals surface area contributed by atoms with Crippen molar-refractivity contribution in [3.63, 3.8) is 0 Å². The van der Waals surface area contributed by atoms with Gasteiger partial charge in [-0.2, -0.15) is 5.10 Å². The highest BCUT2D eigenvalue weighted by atomic mass is 35.5. The Bertz CT molecular complexity index is 508. The summed E-state index contributed by atoms with van der Waals surface area (Å²) < 4.78 is 1.88. The Morgan fingerprint density at radius 2 is 2.21 bits per heavy atom. The van der Waals surface area contributed by atoms with E-state index in [-0.39, 0.29) is 0 Å². The zero-order valence-electron chi connectivity index (χ0n) is 11.3. The lowest BCUT2D eigenvalue weighted by Crippen LogP contribution is -2.16. The van der Waals surface area contributed by atoms with Gasteiger partial charge in [0.1, 0.15) is 0 Å². The van der Waals surface area contributed by atoms with Crippen molar-refractivity contribution in [3.8, 4) is 5.69 Å². The minimum atomic E-state index is 0.735. The van der Waals surface area contributed by atoms with Crippen molar-refractivity contribution >= 4 is 11.6 Å². The van der Waals surface area contributed by atoms with Crippen LogP contribution in [0.1, 0.15) is 25.3 Å². The van der Waals surface area contributed by atoms with Crippen LogP contribution >= 0.6 is 11.6 Å². The van der Waals surface area contributed by atoms with E-state index in [9.17, 15) is 0 Å². The van der Waals surface area contributed by atoms with Crippen LogP contribution in [0.3, 0.4) is 0 Å². The average molecular weight is 278 g/mol. The molecule has 1 aromatic carbocycles. The molecule has 0 bridgehead atoms. The normalized spacial score (nSPS) is 10.8. The minimum absolute atomic E-state index is 0.735. The van der Waals surface area contributed by atoms with Crippen molar-refractivity contribution in [3.05, 3.63) is 47.2 Å². The van der Waals surface area contributed by atoms with Gasteiger partial charge >= 0.3 is 0 Å². The summed E-state index contributed by atoms with van der Waals surface area (Å²) in [4.78, 5) is 0. The number of hydrogen-bond donors (Lipinski definition) is 1. The fourth-order valence-corrected chi connectivity index (χ4v) is 2.15. The number of nitrogens with zero attached hydrogens (tertiary/aromatic N) is 2. The van der Waals surface area contributed by atoms with E-state index in [4.69, 9.17) is 11.6 Å². The lowest BCUT2D eigenvalue weighted by atomic mass is 10.2. The molecule has 0 unspecified atom stereocenters. The van der Waals surface area contributed by atoms with E-state index in [1.807, 2.05) is 35.1 Å². The molecular formula is C15H20ClN3. The van der Waals surface area contributed by atoms with E-state index in [0.717, 1.165) is 36.6 Å². The molecule has 0 fully saturated rings. The van der Waals surface area contributed by atoms with Gasteiger partial charge in [-0.05, 0) is 56.1 Å². The van der Waals surface area contributed by atoms with E-state index in [1.165, 1.54) is 12.0 Å². The molecule has 0 atom stereocenters. The molecule has 0 aliphatic rings. The molecule has 0 radical (unpaired) electrons. The molecular weight excluding hydrogens is 258 g/mol. The quantitative estimate of drug-likeness (QED) is 0.786. The highest BCUT2D eigenvalue weighted by Gasteiger charge is 2.01. The first-order valence-corrected chi connectivity index (χ1v) is 7.17. The van der Waals surface area contributed by atoms with Crippen LogP contribution in [-0.4, -0.2) is 22.9 Å². The molecule has 0 aliphatic carbocycles. The van der Waals surface area contributed by atoms with E-state index in [0.29, 0.717) is 0 Å². The maximum Gasteiger partial charge on any atom is 0.0660 e. The van der Waals surface area contributed by atoms with Crippen LogP contribution in [0, 0.1) is 0 Å². The summed E-state index contributed by atoms with van der Waals surface area (Å²) in [5.74, 6) is 0. The highest BCUT2D eigenvalue weighted by molar-refractivity contribution is 6.30. The number of benzene rings is 1. The summed E-state index contributed by atoms with van der Waals surface area (Å²) in [5, 5.41) is 8.52. The predicted octanol–water partition coefficient (Wildman–Crippen LogP) is 3.46. The van der Waals surface area contributed by atoms with E-state index >= 15 is 0 Å². The van der Waals surface area contributed by atoms with Crippen LogP contribution in [0.4, 0.5) is 0 Å². The summed E-state index contributed by atoms with van der Waals surface area (Å²) in [6.45, 7) is 4.35. The van der Waals surface area contributed by atoms with Gasteiger partial charge in [-0.3, -0.25) is 0 Å². The summed E-state index contributed by atoms with van der Waals surface area (Å²) in [7, 11) is 0. The first-order chi connectivity index (χ1) is 9.29. The lowest BCUT2D eigenvalue weighted by molar-refractivity contribution is 0.640. The second kappa shape index (κ2) is 7.31. The Balaban J connectivity index is 1.88. The average Bonchev–Trinajstić information content (AvgIpc) is 2.87. The van der Waals surface area contributed by atoms with Gasteiger partial charge in [-0.25, -0.2) is 4.68 Å². The number of aryl methyl sites for hydroxylation is 1. The van der Waals surface area contributed by atoms with Crippen molar-refractivity contribution in [2.24, 2.45) is 0 Å². The number of nitrogens with one attached hydrogen (secondary N) is 1. The zero-order chi connectivity index (χ0) is 13.5. The minimum Gasteiger partial charge on any atom is -0.317 e. The Morgan fingerprint density at radius 3 is 3.00 bits per heavy atom. The van der Waals surface area contributed by atoms with Gasteiger partial charge in [-0.15, -0.1) is 0 Å². The Labute approximate surface area is 119 Å². The molecule has 1 heterocycles. The van der Waals surface area contributed by atoms with Crippen LogP contribution in [0.5, 0.6) is 0 Å². The molecule has 2 rings (SSSR count). The SMILES string of the molecule is CCCNCCCc1cnn(-c2cccc(Cl)c2)c1. The van der Waals surface area contributed by atoms with Gasteiger partial charge in [0, 0.05) is 11.2 Å². The Hall–Kier alpha value is -1.32. The number of rotatable bonds is 7. The second-order valence-corrected chi connectivity index (χ2v) is 5.06. The molecule has 0 saturated heterocycles. The lowest BCUT2D eigenvalue weighted by Gasteiger charge is -2.02. The molecule has 1 N–H and O–H groups in total. The first kappa shape index (κ1) is 14.1. The fraction of sp³-hybridized carbons (Fsp3) is 0.400. The van der Waals surface area contributed by atoms with Gasteiger partial charge in [0.25, 0.3) is 0 Å². The van der Waals surface area contributed by atoms with E-state index < -0.39 is 0 Å². The monoisotopic (exact) mass is 277 g/mol. The molecule has 0 spiro atoms. The molecule has 19 heavy (non-hydrogen) atoms. The molecule has 4 heteroatoms. The Morgan fingerprint density at radius 1 is 1.32 bits per heavy atom. The maximum atomic E-state index is 5.98. The molecule has 0 amide bonds. The third-order valence-electron chi connectivity index (χ3n) is 2.95. The van der Waals surface area contributed by atoms with Crippen molar-refractivity contribution in [2.75, 3.05) is 13.1 Å². The Kier molecular flexibility index (Phi) is 5.43. The predicted molar refractivity (Wildman–Crippen MR) is 80.1 cm³/mol. The second-order valence-electron chi connectivity index (χ2n) is 4.63. The molecule has 102 valence electrons. The van der Waals surface area contributed by atoms with Crippen LogP contribution in [0.2, 0.25) is 5.02 Å². The summed E-state index contributed by atoms with van der Waals surface area (Å²) in [5.41, 5.74) is 2.26. The molecule has 3 nitrogen and oxygen atoms in total. The molecule has 0 aliphatic heterocycles. The fourth-order valence-electron chi connectivity index (χ4n) is 1.97. The van der Waals surface area contributed by atoms with Gasteiger partial charge in [-0.1, -0.05) is 24.6 Å². The summed E-state index contributed by atoms with van der Waals surface area (Å²) in [6, 6.07) is 7.73. The van der Waals surface area contributed by atoms with Crippen LogP contribution in [0.15, 0.2) is 36.7 Å². The molecule has 0 saturated carbocycles. The van der Waals surface area contributed by atoms with Gasteiger partial charge in [0.2, 0.25) is 0 Å². The van der Waals surface area contributed by atoms with Crippen molar-refractivity contribution in [1.29, 1.82) is 0 Å². The van der Waals surface area contributed by atoms with Gasteiger partial charge < -0.3 is 5.32 Å². The topological polar surface area (TPSA) is 29.9 Å². The number of hydrogen-bond acceptors (Lipinski definition) is 2. The van der Waals surface area contributed by atoms with Crippen LogP contribution in [0.25, 0.3) is 5.69 Å². The standard InChI is InChI=1S/C15H20ClN3/c1-2-8-17-9-4-5-13-11-18-19(12-13)15-7-3-6-14(16)10-15/h3,6-7,10-12,17H,2,4-5,8-9H2,1H3. The van der Waals surface area contributed by atoms with Gasteiger partial charge in [0.15, 0.2) is 0 Å². The van der Waals surface area contributed by atoms with Crippen molar-refractivity contribution in [1.82, 2.24) is 15.1 Å². The number of aromatic nitrogens is 2. The van der Waals surface area contributed by atoms with Crippen molar-refractivity contribution in [2.45, 2.75) is 26.2 Å². The van der Waals surface area contributed by atoms with Crippen molar-refractivity contribution < 1.29 is 0 Å². The molecule has 1 aromatic heterocycles. The smallest absolute Gasteiger partial charge is 0.0660 e. The summed E-state index contributed by atoms with van der Waals surface area (Å²) in [6.07, 6.45) is 7.39. The van der Waals surface area contributed by atoms with Crippen LogP contribution < -0.4 is 5.32 Å². The van der Waals surface area contributed by atoms with E-state index in [2.05, 4.69) is 23.5 Å². The van der Waals surface area contributed by atoms with Crippen LogP contribution in [-0.2, 0) is 6.42 Å². The first-order valence-electron chi connectivity index (χ1n) is 6.80. The zero-order valence-corrected chi connectivity index (χ0v) is 12.0. The molecule has 2 aromatic rings.